The largest absolute Gasteiger partial charge is 0.444 e. The van der Waals surface area contributed by atoms with Gasteiger partial charge in [0.2, 0.25) is 5.91 Å². The van der Waals surface area contributed by atoms with E-state index >= 15 is 0 Å². The summed E-state index contributed by atoms with van der Waals surface area (Å²) >= 11 is 0. The molecule has 0 aliphatic rings. The zero-order valence-corrected chi connectivity index (χ0v) is 12.7. The third-order valence-electron chi connectivity index (χ3n) is 2.21. The van der Waals surface area contributed by atoms with Crippen molar-refractivity contribution in [2.75, 3.05) is 14.1 Å². The number of alkyl carbamates (subject to hydrolysis) is 1. The van der Waals surface area contributed by atoms with Crippen molar-refractivity contribution in [1.82, 2.24) is 10.2 Å². The van der Waals surface area contributed by atoms with Crippen molar-refractivity contribution >= 4 is 12.0 Å². The van der Waals surface area contributed by atoms with E-state index in [1.54, 1.807) is 34.9 Å². The Bertz CT molecular complexity index is 311. The van der Waals surface area contributed by atoms with Gasteiger partial charge in [0.1, 0.15) is 11.6 Å². The third kappa shape index (κ3) is 5.89. The van der Waals surface area contributed by atoms with Crippen molar-refractivity contribution in [3.8, 4) is 0 Å². The number of hydrogen-bond acceptors (Lipinski definition) is 3. The highest BCUT2D eigenvalue weighted by Gasteiger charge is 2.34. The summed E-state index contributed by atoms with van der Waals surface area (Å²) in [6, 6.07) is -0.609. The van der Waals surface area contributed by atoms with Crippen LogP contribution in [0.1, 0.15) is 41.5 Å². The Balaban J connectivity index is 4.83. The highest BCUT2D eigenvalue weighted by atomic mass is 16.6. The topological polar surface area (TPSA) is 58.6 Å². The van der Waals surface area contributed by atoms with Gasteiger partial charge >= 0.3 is 6.09 Å². The van der Waals surface area contributed by atoms with Crippen LogP contribution in [0.15, 0.2) is 0 Å². The van der Waals surface area contributed by atoms with Crippen molar-refractivity contribution in [2.45, 2.75) is 53.2 Å². The molecule has 18 heavy (non-hydrogen) atoms. The molecule has 0 rings (SSSR count). The van der Waals surface area contributed by atoms with Gasteiger partial charge in [0.05, 0.1) is 0 Å². The van der Waals surface area contributed by atoms with E-state index in [2.05, 4.69) is 5.32 Å². The average molecular weight is 258 g/mol. The zero-order valence-electron chi connectivity index (χ0n) is 12.7. The predicted molar refractivity (Wildman–Crippen MR) is 71.3 cm³/mol. The van der Waals surface area contributed by atoms with Gasteiger partial charge in [-0.25, -0.2) is 4.79 Å². The normalized spacial score (nSPS) is 13.8. The van der Waals surface area contributed by atoms with Crippen LogP contribution in [0.4, 0.5) is 4.79 Å². The van der Waals surface area contributed by atoms with Crippen LogP contribution in [-0.4, -0.2) is 42.6 Å². The standard InChI is InChI=1S/C13H26N2O3/c1-12(2,3)9(10(16)15(7)8)14-11(17)18-13(4,5)6/h9H,1-8H3,(H,14,17)/t9-/m1/s1. The molecule has 5 nitrogen and oxygen atoms in total. The van der Waals surface area contributed by atoms with Crippen molar-refractivity contribution in [1.29, 1.82) is 0 Å². The minimum absolute atomic E-state index is 0.145. The second-order valence-corrected chi connectivity index (χ2v) is 6.68. The van der Waals surface area contributed by atoms with E-state index < -0.39 is 17.7 Å². The number of ether oxygens (including phenoxy) is 1. The quantitative estimate of drug-likeness (QED) is 0.824. The summed E-state index contributed by atoms with van der Waals surface area (Å²) in [5, 5.41) is 2.64. The van der Waals surface area contributed by atoms with Crippen LogP contribution in [0.2, 0.25) is 0 Å². The average Bonchev–Trinajstić information content (AvgIpc) is 2.08. The fourth-order valence-corrected chi connectivity index (χ4v) is 1.33. The fourth-order valence-electron chi connectivity index (χ4n) is 1.33. The number of nitrogens with one attached hydrogen (secondary N) is 1. The molecule has 0 fully saturated rings. The molecule has 0 heterocycles. The maximum atomic E-state index is 12.0. The molecule has 0 aromatic heterocycles. The van der Waals surface area contributed by atoms with Crippen LogP contribution in [0.3, 0.4) is 0 Å². The van der Waals surface area contributed by atoms with E-state index in [0.717, 1.165) is 0 Å². The molecule has 1 N–H and O–H groups in total. The highest BCUT2D eigenvalue weighted by molar-refractivity contribution is 5.86. The molecule has 1 atom stereocenters. The van der Waals surface area contributed by atoms with Crippen molar-refractivity contribution in [3.63, 3.8) is 0 Å². The Hall–Kier alpha value is -1.26. The number of carbonyl (C=O) groups excluding carboxylic acids is 2. The van der Waals surface area contributed by atoms with Gasteiger partial charge in [-0.05, 0) is 26.2 Å². The molecule has 0 radical (unpaired) electrons. The molecule has 0 unspecified atom stereocenters. The van der Waals surface area contributed by atoms with Crippen molar-refractivity contribution in [2.24, 2.45) is 5.41 Å². The Morgan fingerprint density at radius 2 is 1.50 bits per heavy atom. The Kier molecular flexibility index (Phi) is 5.20. The number of rotatable bonds is 2. The van der Waals surface area contributed by atoms with Gasteiger partial charge in [0.25, 0.3) is 0 Å². The molecular formula is C13H26N2O3. The Morgan fingerprint density at radius 3 is 1.78 bits per heavy atom. The number of carbonyl (C=O) groups is 2. The van der Waals surface area contributed by atoms with Crippen LogP contribution in [-0.2, 0) is 9.53 Å². The first-order chi connectivity index (χ1) is 7.84. The van der Waals surface area contributed by atoms with Crippen LogP contribution in [0.5, 0.6) is 0 Å². The lowest BCUT2D eigenvalue weighted by Gasteiger charge is -2.33. The van der Waals surface area contributed by atoms with Gasteiger partial charge in [-0.15, -0.1) is 0 Å². The SMILES string of the molecule is CN(C)C(=O)[C@@H](NC(=O)OC(C)(C)C)C(C)(C)C. The van der Waals surface area contributed by atoms with Crippen molar-refractivity contribution in [3.05, 3.63) is 0 Å². The van der Waals surface area contributed by atoms with E-state index in [1.807, 2.05) is 20.8 Å². The second-order valence-electron chi connectivity index (χ2n) is 6.68. The smallest absolute Gasteiger partial charge is 0.408 e. The van der Waals surface area contributed by atoms with E-state index in [4.69, 9.17) is 4.74 Å². The highest BCUT2D eigenvalue weighted by Crippen LogP contribution is 2.21. The van der Waals surface area contributed by atoms with Gasteiger partial charge in [0.15, 0.2) is 0 Å². The maximum absolute atomic E-state index is 12.0. The molecule has 0 aromatic carbocycles. The first-order valence-corrected chi connectivity index (χ1v) is 6.05. The number of amides is 2. The zero-order chi connectivity index (χ0) is 14.7. The molecule has 0 saturated heterocycles. The number of likely N-dealkylation sites (N-methyl/N-ethyl adjacent to an activating group) is 1. The van der Waals surface area contributed by atoms with Crippen molar-refractivity contribution < 1.29 is 14.3 Å². The Morgan fingerprint density at radius 1 is 1.06 bits per heavy atom. The van der Waals surface area contributed by atoms with Gasteiger partial charge in [0, 0.05) is 14.1 Å². The molecule has 5 heteroatoms. The van der Waals surface area contributed by atoms with Gasteiger partial charge < -0.3 is 15.0 Å². The van der Waals surface area contributed by atoms with Crippen LogP contribution in [0, 0.1) is 5.41 Å². The summed E-state index contributed by atoms with van der Waals surface area (Å²) < 4.78 is 5.17. The van der Waals surface area contributed by atoms with Gasteiger partial charge in [-0.3, -0.25) is 4.79 Å². The van der Waals surface area contributed by atoms with Crippen LogP contribution < -0.4 is 5.32 Å². The Labute approximate surface area is 110 Å². The molecular weight excluding hydrogens is 232 g/mol. The van der Waals surface area contributed by atoms with E-state index in [9.17, 15) is 9.59 Å². The summed E-state index contributed by atoms with van der Waals surface area (Å²) in [5.74, 6) is -0.145. The predicted octanol–water partition coefficient (Wildman–Crippen LogP) is 2.01. The first-order valence-electron chi connectivity index (χ1n) is 6.05. The molecule has 0 aliphatic heterocycles. The maximum Gasteiger partial charge on any atom is 0.408 e. The van der Waals surface area contributed by atoms with Crippen LogP contribution >= 0.6 is 0 Å². The molecule has 2 amide bonds. The number of nitrogens with zero attached hydrogens (tertiary/aromatic N) is 1. The summed E-state index contributed by atoms with van der Waals surface area (Å²) in [6.07, 6.45) is -0.572. The van der Waals surface area contributed by atoms with E-state index in [0.29, 0.717) is 0 Å². The molecule has 0 aromatic rings. The first kappa shape index (κ1) is 16.7. The summed E-state index contributed by atoms with van der Waals surface area (Å²) in [4.78, 5) is 25.3. The van der Waals surface area contributed by atoms with E-state index in [1.165, 1.54) is 4.90 Å². The minimum atomic E-state index is -0.609. The number of hydrogen-bond donors (Lipinski definition) is 1. The molecule has 106 valence electrons. The molecule has 0 aliphatic carbocycles. The van der Waals surface area contributed by atoms with Gasteiger partial charge in [-0.2, -0.15) is 0 Å². The van der Waals surface area contributed by atoms with Crippen LogP contribution in [0.25, 0.3) is 0 Å². The minimum Gasteiger partial charge on any atom is -0.444 e. The lowest BCUT2D eigenvalue weighted by molar-refractivity contribution is -0.133. The second kappa shape index (κ2) is 5.59. The molecule has 0 bridgehead atoms. The summed E-state index contributed by atoms with van der Waals surface area (Å²) in [7, 11) is 3.33. The van der Waals surface area contributed by atoms with E-state index in [-0.39, 0.29) is 11.3 Å². The molecule has 0 spiro atoms. The summed E-state index contributed by atoms with van der Waals surface area (Å²) in [6.45, 7) is 11.1. The lowest BCUT2D eigenvalue weighted by atomic mass is 9.86. The summed E-state index contributed by atoms with van der Waals surface area (Å²) in [5.41, 5.74) is -0.952. The molecule has 0 saturated carbocycles. The lowest BCUT2D eigenvalue weighted by Crippen LogP contribution is -2.54. The van der Waals surface area contributed by atoms with Gasteiger partial charge in [-0.1, -0.05) is 20.8 Å². The third-order valence-corrected chi connectivity index (χ3v) is 2.21. The fraction of sp³-hybridized carbons (Fsp3) is 0.846. The monoisotopic (exact) mass is 258 g/mol.